The zero-order valence-electron chi connectivity index (χ0n) is 10.8. The van der Waals surface area contributed by atoms with Gasteiger partial charge in [0.1, 0.15) is 0 Å². The van der Waals surface area contributed by atoms with E-state index in [1.165, 1.54) is 17.0 Å². The summed E-state index contributed by atoms with van der Waals surface area (Å²) in [6.45, 7) is 0. The average Bonchev–Trinajstić information content (AvgIpc) is 2.94. The second-order valence-electron chi connectivity index (χ2n) is 4.12. The largest absolute Gasteiger partial charge is 0.478 e. The summed E-state index contributed by atoms with van der Waals surface area (Å²) in [6, 6.07) is 8.53. The first-order valence-corrected chi connectivity index (χ1v) is 8.82. The molecule has 0 spiro atoms. The monoisotopic (exact) mass is 385 g/mol. The van der Waals surface area contributed by atoms with Crippen molar-refractivity contribution in [1.82, 2.24) is 0 Å². The molecule has 0 unspecified atom stereocenters. The normalized spacial score (nSPS) is 10.3. The minimum Gasteiger partial charge on any atom is -0.478 e. The fraction of sp³-hybridized carbons (Fsp3) is 0.143. The van der Waals surface area contributed by atoms with Gasteiger partial charge in [-0.1, -0.05) is 6.07 Å². The van der Waals surface area contributed by atoms with Gasteiger partial charge in [-0.3, -0.25) is 4.79 Å². The lowest BCUT2D eigenvalue weighted by Crippen LogP contribution is -2.14. The molecule has 0 fully saturated rings. The molecular formula is C14H12BrNO3S2. The van der Waals surface area contributed by atoms with E-state index in [4.69, 9.17) is 5.11 Å². The SMILES string of the molecule is O=C(CSCc1cccs1)Nc1ccc(C(=O)O)cc1Br. The summed E-state index contributed by atoms with van der Waals surface area (Å²) in [4.78, 5) is 23.9. The van der Waals surface area contributed by atoms with E-state index in [1.807, 2.05) is 17.5 Å². The molecule has 2 rings (SSSR count). The summed E-state index contributed by atoms with van der Waals surface area (Å²) >= 11 is 6.47. The molecule has 1 aromatic carbocycles. The Morgan fingerprint density at radius 1 is 1.33 bits per heavy atom. The minimum atomic E-state index is -1.000. The molecule has 2 aromatic rings. The van der Waals surface area contributed by atoms with Crippen molar-refractivity contribution in [2.45, 2.75) is 5.75 Å². The summed E-state index contributed by atoms with van der Waals surface area (Å²) in [5.74, 6) is 0.0512. The van der Waals surface area contributed by atoms with Crippen molar-refractivity contribution in [3.63, 3.8) is 0 Å². The number of rotatable bonds is 6. The molecule has 4 nitrogen and oxygen atoms in total. The standard InChI is InChI=1S/C14H12BrNO3S2/c15-11-6-9(14(18)19)3-4-12(11)16-13(17)8-20-7-10-2-1-5-21-10/h1-6H,7-8H2,(H,16,17)(H,18,19). The number of benzene rings is 1. The van der Waals surface area contributed by atoms with E-state index in [0.29, 0.717) is 15.9 Å². The Balaban J connectivity index is 1.86. The van der Waals surface area contributed by atoms with E-state index in [9.17, 15) is 9.59 Å². The Labute approximate surface area is 138 Å². The van der Waals surface area contributed by atoms with Crippen molar-refractivity contribution < 1.29 is 14.7 Å². The van der Waals surface area contributed by atoms with E-state index in [0.717, 1.165) is 5.75 Å². The van der Waals surface area contributed by atoms with Crippen LogP contribution < -0.4 is 5.32 Å². The Bertz CT molecular complexity index is 644. The van der Waals surface area contributed by atoms with E-state index >= 15 is 0 Å². The third-order valence-corrected chi connectivity index (χ3v) is 5.24. The van der Waals surface area contributed by atoms with Crippen LogP contribution in [0.2, 0.25) is 0 Å². The van der Waals surface area contributed by atoms with Gasteiger partial charge in [0.2, 0.25) is 5.91 Å². The zero-order valence-corrected chi connectivity index (χ0v) is 14.1. The highest BCUT2D eigenvalue weighted by molar-refractivity contribution is 9.10. The Hall–Kier alpha value is -1.31. The van der Waals surface area contributed by atoms with E-state index < -0.39 is 5.97 Å². The van der Waals surface area contributed by atoms with Crippen molar-refractivity contribution in [2.24, 2.45) is 0 Å². The van der Waals surface area contributed by atoms with Gasteiger partial charge in [-0.05, 0) is 45.6 Å². The zero-order chi connectivity index (χ0) is 15.2. The maximum Gasteiger partial charge on any atom is 0.335 e. The topological polar surface area (TPSA) is 66.4 Å². The summed E-state index contributed by atoms with van der Waals surface area (Å²) in [6.07, 6.45) is 0. The average molecular weight is 386 g/mol. The highest BCUT2D eigenvalue weighted by Gasteiger charge is 2.09. The van der Waals surface area contributed by atoms with Crippen LogP contribution in [0.1, 0.15) is 15.2 Å². The summed E-state index contributed by atoms with van der Waals surface area (Å²) < 4.78 is 0.555. The molecule has 0 saturated heterocycles. The number of thioether (sulfide) groups is 1. The lowest BCUT2D eigenvalue weighted by Gasteiger charge is -2.08. The van der Waals surface area contributed by atoms with Crippen LogP contribution in [0.3, 0.4) is 0 Å². The molecule has 2 N–H and O–H groups in total. The van der Waals surface area contributed by atoms with Crippen LogP contribution >= 0.6 is 39.0 Å². The number of amides is 1. The molecular weight excluding hydrogens is 374 g/mol. The fourth-order valence-corrected chi connectivity index (χ4v) is 3.72. The third-order valence-electron chi connectivity index (χ3n) is 2.55. The van der Waals surface area contributed by atoms with Crippen molar-refractivity contribution in [3.8, 4) is 0 Å². The number of carbonyl (C=O) groups excluding carboxylic acids is 1. The van der Waals surface area contributed by atoms with Crippen LogP contribution in [-0.2, 0) is 10.5 Å². The number of carboxylic acid groups (broad SMARTS) is 1. The Morgan fingerprint density at radius 2 is 2.14 bits per heavy atom. The van der Waals surface area contributed by atoms with Crippen LogP contribution in [0.5, 0.6) is 0 Å². The van der Waals surface area contributed by atoms with Gasteiger partial charge in [0, 0.05) is 15.1 Å². The maximum atomic E-state index is 11.8. The number of halogens is 1. The highest BCUT2D eigenvalue weighted by Crippen LogP contribution is 2.24. The lowest BCUT2D eigenvalue weighted by molar-refractivity contribution is -0.113. The van der Waals surface area contributed by atoms with Gasteiger partial charge >= 0.3 is 5.97 Å². The molecule has 0 aliphatic carbocycles. The highest BCUT2D eigenvalue weighted by atomic mass is 79.9. The van der Waals surface area contributed by atoms with Gasteiger partial charge in [-0.15, -0.1) is 23.1 Å². The van der Waals surface area contributed by atoms with Crippen LogP contribution in [0.25, 0.3) is 0 Å². The molecule has 1 amide bonds. The second kappa shape index (κ2) is 7.63. The number of anilines is 1. The Kier molecular flexibility index (Phi) is 5.84. The van der Waals surface area contributed by atoms with Crippen molar-refractivity contribution in [3.05, 3.63) is 50.6 Å². The molecule has 0 atom stereocenters. The number of aromatic carboxylic acids is 1. The predicted octanol–water partition coefficient (Wildman–Crippen LogP) is 4.08. The molecule has 0 saturated carbocycles. The first kappa shape index (κ1) is 16.1. The minimum absolute atomic E-state index is 0.111. The first-order valence-electron chi connectivity index (χ1n) is 5.99. The quantitative estimate of drug-likeness (QED) is 0.785. The van der Waals surface area contributed by atoms with Crippen LogP contribution in [-0.4, -0.2) is 22.7 Å². The summed E-state index contributed by atoms with van der Waals surface area (Å²) in [5, 5.41) is 13.6. The molecule has 7 heteroatoms. The number of hydrogen-bond donors (Lipinski definition) is 2. The smallest absolute Gasteiger partial charge is 0.335 e. The molecule has 0 aliphatic rings. The number of nitrogens with one attached hydrogen (secondary N) is 1. The van der Waals surface area contributed by atoms with E-state index in [1.54, 1.807) is 29.2 Å². The van der Waals surface area contributed by atoms with Gasteiger partial charge in [-0.25, -0.2) is 4.79 Å². The molecule has 0 aliphatic heterocycles. The first-order chi connectivity index (χ1) is 10.1. The maximum absolute atomic E-state index is 11.8. The van der Waals surface area contributed by atoms with Crippen LogP contribution in [0.15, 0.2) is 40.2 Å². The number of carbonyl (C=O) groups is 2. The predicted molar refractivity (Wildman–Crippen MR) is 90.2 cm³/mol. The summed E-state index contributed by atoms with van der Waals surface area (Å²) in [5.41, 5.74) is 0.744. The number of carboxylic acids is 1. The molecule has 0 radical (unpaired) electrons. The molecule has 110 valence electrons. The molecule has 1 heterocycles. The van der Waals surface area contributed by atoms with E-state index in [2.05, 4.69) is 21.2 Å². The van der Waals surface area contributed by atoms with Gasteiger partial charge in [-0.2, -0.15) is 0 Å². The second-order valence-corrected chi connectivity index (χ2v) is 6.99. The van der Waals surface area contributed by atoms with Gasteiger partial charge in [0.15, 0.2) is 0 Å². The number of thiophene rings is 1. The molecule has 21 heavy (non-hydrogen) atoms. The lowest BCUT2D eigenvalue weighted by atomic mass is 10.2. The fourth-order valence-electron chi connectivity index (χ4n) is 1.57. The molecule has 0 bridgehead atoms. The van der Waals surface area contributed by atoms with Crippen LogP contribution in [0, 0.1) is 0 Å². The van der Waals surface area contributed by atoms with E-state index in [-0.39, 0.29) is 11.5 Å². The molecule has 1 aromatic heterocycles. The van der Waals surface area contributed by atoms with Crippen molar-refractivity contribution >= 4 is 56.6 Å². The van der Waals surface area contributed by atoms with Crippen molar-refractivity contribution in [1.29, 1.82) is 0 Å². The van der Waals surface area contributed by atoms with Gasteiger partial charge in [0.05, 0.1) is 17.0 Å². The van der Waals surface area contributed by atoms with Crippen LogP contribution in [0.4, 0.5) is 5.69 Å². The van der Waals surface area contributed by atoms with Crippen molar-refractivity contribution in [2.75, 3.05) is 11.1 Å². The van der Waals surface area contributed by atoms with Gasteiger partial charge in [0.25, 0.3) is 0 Å². The summed E-state index contributed by atoms with van der Waals surface area (Å²) in [7, 11) is 0. The van der Waals surface area contributed by atoms with Gasteiger partial charge < -0.3 is 10.4 Å². The Morgan fingerprint density at radius 3 is 2.76 bits per heavy atom. The third kappa shape index (κ3) is 4.87. The number of hydrogen-bond acceptors (Lipinski definition) is 4.